The van der Waals surface area contributed by atoms with Crippen LogP contribution in [0.15, 0.2) is 47.3 Å². The van der Waals surface area contributed by atoms with Crippen LogP contribution in [0.1, 0.15) is 5.56 Å². The standard InChI is InChI=1S/C13H10ClN3O/c14-12-7-11(13-10(17-12)3-6-18-13)16-8-9-1-4-15-5-2-9/h1-7H,8H2,(H,16,17). The zero-order chi connectivity index (χ0) is 12.4. The molecule has 1 N–H and O–H groups in total. The molecule has 0 aliphatic heterocycles. The van der Waals surface area contributed by atoms with E-state index in [4.69, 9.17) is 16.0 Å². The van der Waals surface area contributed by atoms with Crippen molar-refractivity contribution in [1.82, 2.24) is 9.97 Å². The zero-order valence-corrected chi connectivity index (χ0v) is 10.2. The minimum atomic E-state index is 0.445. The van der Waals surface area contributed by atoms with Gasteiger partial charge in [-0.15, -0.1) is 0 Å². The van der Waals surface area contributed by atoms with Crippen LogP contribution in [0, 0.1) is 0 Å². The lowest BCUT2D eigenvalue weighted by Crippen LogP contribution is -2.00. The quantitative estimate of drug-likeness (QED) is 0.732. The summed E-state index contributed by atoms with van der Waals surface area (Å²) in [4.78, 5) is 8.15. The van der Waals surface area contributed by atoms with Gasteiger partial charge in [-0.2, -0.15) is 0 Å². The third kappa shape index (κ3) is 2.15. The number of hydrogen-bond acceptors (Lipinski definition) is 4. The van der Waals surface area contributed by atoms with E-state index in [0.717, 1.165) is 16.8 Å². The van der Waals surface area contributed by atoms with Crippen LogP contribution in [0.5, 0.6) is 0 Å². The van der Waals surface area contributed by atoms with Crippen molar-refractivity contribution in [2.45, 2.75) is 6.54 Å². The van der Waals surface area contributed by atoms with E-state index in [-0.39, 0.29) is 0 Å². The van der Waals surface area contributed by atoms with E-state index >= 15 is 0 Å². The third-order valence-corrected chi connectivity index (χ3v) is 2.81. The van der Waals surface area contributed by atoms with Crippen molar-refractivity contribution in [2.75, 3.05) is 5.32 Å². The van der Waals surface area contributed by atoms with E-state index < -0.39 is 0 Å². The average Bonchev–Trinajstić information content (AvgIpc) is 2.85. The molecule has 0 atom stereocenters. The van der Waals surface area contributed by atoms with Crippen LogP contribution in [0.3, 0.4) is 0 Å². The summed E-state index contributed by atoms with van der Waals surface area (Å²) in [7, 11) is 0. The van der Waals surface area contributed by atoms with Crippen LogP contribution in [-0.4, -0.2) is 9.97 Å². The predicted molar refractivity (Wildman–Crippen MR) is 70.6 cm³/mol. The summed E-state index contributed by atoms with van der Waals surface area (Å²) in [6.07, 6.45) is 5.13. The third-order valence-electron chi connectivity index (χ3n) is 2.61. The molecule has 0 radical (unpaired) electrons. The molecule has 0 saturated heterocycles. The molecule has 0 fully saturated rings. The number of halogens is 1. The normalized spacial score (nSPS) is 10.7. The minimum absolute atomic E-state index is 0.445. The Morgan fingerprint density at radius 2 is 2.06 bits per heavy atom. The highest BCUT2D eigenvalue weighted by atomic mass is 35.5. The Morgan fingerprint density at radius 3 is 2.89 bits per heavy atom. The number of anilines is 1. The van der Waals surface area contributed by atoms with Crippen molar-refractivity contribution in [3.8, 4) is 0 Å². The molecule has 0 amide bonds. The summed E-state index contributed by atoms with van der Waals surface area (Å²) >= 11 is 5.96. The molecule has 90 valence electrons. The number of aromatic nitrogens is 2. The van der Waals surface area contributed by atoms with E-state index in [0.29, 0.717) is 17.3 Å². The maximum Gasteiger partial charge on any atom is 0.175 e. The number of nitrogens with zero attached hydrogens (tertiary/aromatic N) is 2. The van der Waals surface area contributed by atoms with Gasteiger partial charge < -0.3 is 9.73 Å². The van der Waals surface area contributed by atoms with Crippen molar-refractivity contribution < 1.29 is 4.42 Å². The summed E-state index contributed by atoms with van der Waals surface area (Å²) < 4.78 is 5.40. The Labute approximate surface area is 109 Å². The molecule has 0 saturated carbocycles. The molecule has 3 rings (SSSR count). The molecular weight excluding hydrogens is 250 g/mol. The number of pyridine rings is 2. The number of fused-ring (bicyclic) bond motifs is 1. The predicted octanol–water partition coefficient (Wildman–Crippen LogP) is 3.49. The SMILES string of the molecule is Clc1cc(NCc2ccncc2)c2occc2n1. The molecule has 3 aromatic heterocycles. The number of rotatable bonds is 3. The lowest BCUT2D eigenvalue weighted by molar-refractivity contribution is 0.616. The molecule has 0 aliphatic rings. The molecular formula is C13H10ClN3O. The highest BCUT2D eigenvalue weighted by Crippen LogP contribution is 2.26. The molecule has 3 aromatic rings. The van der Waals surface area contributed by atoms with Gasteiger partial charge >= 0.3 is 0 Å². The van der Waals surface area contributed by atoms with Gasteiger partial charge in [0.2, 0.25) is 0 Å². The van der Waals surface area contributed by atoms with Crippen molar-refractivity contribution in [1.29, 1.82) is 0 Å². The van der Waals surface area contributed by atoms with Crippen molar-refractivity contribution >= 4 is 28.4 Å². The zero-order valence-electron chi connectivity index (χ0n) is 9.43. The summed E-state index contributed by atoms with van der Waals surface area (Å²) in [5.74, 6) is 0. The van der Waals surface area contributed by atoms with E-state index in [1.54, 1.807) is 30.8 Å². The van der Waals surface area contributed by atoms with Crippen LogP contribution in [0.4, 0.5) is 5.69 Å². The van der Waals surface area contributed by atoms with Crippen molar-refractivity contribution in [2.24, 2.45) is 0 Å². The fourth-order valence-corrected chi connectivity index (χ4v) is 1.95. The molecule has 5 heteroatoms. The summed E-state index contributed by atoms with van der Waals surface area (Å²) in [6.45, 7) is 0.679. The minimum Gasteiger partial charge on any atom is -0.460 e. The molecule has 18 heavy (non-hydrogen) atoms. The molecule has 0 aromatic carbocycles. The van der Waals surface area contributed by atoms with Crippen LogP contribution in [0.2, 0.25) is 5.15 Å². The van der Waals surface area contributed by atoms with Gasteiger partial charge in [0, 0.05) is 31.1 Å². The van der Waals surface area contributed by atoms with E-state index in [9.17, 15) is 0 Å². The molecule has 0 spiro atoms. The Morgan fingerprint density at radius 1 is 1.22 bits per heavy atom. The topological polar surface area (TPSA) is 51.0 Å². The second-order valence-corrected chi connectivity index (χ2v) is 4.22. The number of nitrogens with one attached hydrogen (secondary N) is 1. The first-order valence-electron chi connectivity index (χ1n) is 5.49. The van der Waals surface area contributed by atoms with E-state index in [1.165, 1.54) is 0 Å². The molecule has 0 unspecified atom stereocenters. The van der Waals surface area contributed by atoms with Crippen molar-refractivity contribution in [3.63, 3.8) is 0 Å². The largest absolute Gasteiger partial charge is 0.460 e. The van der Waals surface area contributed by atoms with Crippen molar-refractivity contribution in [3.05, 3.63) is 53.6 Å². The molecule has 0 aliphatic carbocycles. The maximum absolute atomic E-state index is 5.96. The van der Waals surface area contributed by atoms with Crippen LogP contribution >= 0.6 is 11.6 Å². The second kappa shape index (κ2) is 4.66. The summed E-state index contributed by atoms with van der Waals surface area (Å²) in [5.41, 5.74) is 3.44. The van der Waals surface area contributed by atoms with Gasteiger partial charge in [0.25, 0.3) is 0 Å². The lowest BCUT2D eigenvalue weighted by atomic mass is 10.2. The average molecular weight is 260 g/mol. The first-order valence-corrected chi connectivity index (χ1v) is 5.87. The highest BCUT2D eigenvalue weighted by molar-refractivity contribution is 6.30. The van der Waals surface area contributed by atoms with Gasteiger partial charge in [-0.1, -0.05) is 11.6 Å². The first-order chi connectivity index (χ1) is 8.83. The van der Waals surface area contributed by atoms with Gasteiger partial charge in [0.05, 0.1) is 12.0 Å². The summed E-state index contributed by atoms with van der Waals surface area (Å²) in [5, 5.41) is 3.73. The smallest absolute Gasteiger partial charge is 0.175 e. The molecule has 4 nitrogen and oxygen atoms in total. The number of furan rings is 1. The maximum atomic E-state index is 5.96. The Balaban J connectivity index is 1.88. The second-order valence-electron chi connectivity index (χ2n) is 3.84. The Kier molecular flexibility index (Phi) is 2.86. The van der Waals surface area contributed by atoms with Gasteiger partial charge in [0.1, 0.15) is 10.7 Å². The van der Waals surface area contributed by atoms with E-state index in [2.05, 4.69) is 15.3 Å². The van der Waals surface area contributed by atoms with Crippen LogP contribution in [-0.2, 0) is 6.54 Å². The van der Waals surface area contributed by atoms with Crippen LogP contribution < -0.4 is 5.32 Å². The first kappa shape index (κ1) is 11.0. The van der Waals surface area contributed by atoms with E-state index in [1.807, 2.05) is 12.1 Å². The highest BCUT2D eigenvalue weighted by Gasteiger charge is 2.07. The van der Waals surface area contributed by atoms with Crippen LogP contribution in [0.25, 0.3) is 11.1 Å². The van der Waals surface area contributed by atoms with Gasteiger partial charge in [-0.05, 0) is 17.7 Å². The fourth-order valence-electron chi connectivity index (χ4n) is 1.75. The van der Waals surface area contributed by atoms with Gasteiger partial charge in [-0.3, -0.25) is 4.98 Å². The lowest BCUT2D eigenvalue weighted by Gasteiger charge is -2.07. The summed E-state index contributed by atoms with van der Waals surface area (Å²) in [6, 6.07) is 7.46. The van der Waals surface area contributed by atoms with Gasteiger partial charge in [0.15, 0.2) is 5.58 Å². The Hall–Kier alpha value is -2.07. The number of hydrogen-bond donors (Lipinski definition) is 1. The molecule has 0 bridgehead atoms. The van der Waals surface area contributed by atoms with Gasteiger partial charge in [-0.25, -0.2) is 4.98 Å². The monoisotopic (exact) mass is 259 g/mol. The molecule has 3 heterocycles. The fraction of sp³-hybridized carbons (Fsp3) is 0.0769. The Bertz CT molecular complexity index is 666.